The third kappa shape index (κ3) is 5.88. The lowest BCUT2D eigenvalue weighted by Crippen LogP contribution is -2.15. The summed E-state index contributed by atoms with van der Waals surface area (Å²) in [6.45, 7) is 6.37. The molecule has 0 aliphatic heterocycles. The van der Waals surface area contributed by atoms with Crippen molar-refractivity contribution in [3.63, 3.8) is 0 Å². The van der Waals surface area contributed by atoms with Crippen LogP contribution in [-0.4, -0.2) is 39.0 Å². The van der Waals surface area contributed by atoms with E-state index in [4.69, 9.17) is 9.47 Å². The fraction of sp³-hybridized carbons (Fsp3) is 0.304. The average Bonchev–Trinajstić information content (AvgIpc) is 3.13. The monoisotopic (exact) mass is 454 g/mol. The summed E-state index contributed by atoms with van der Waals surface area (Å²) in [5.74, 6) is 0.982. The first-order valence-electron chi connectivity index (χ1n) is 10.2. The van der Waals surface area contributed by atoms with Crippen molar-refractivity contribution < 1.29 is 19.1 Å². The lowest BCUT2D eigenvalue weighted by Gasteiger charge is -2.10. The Balaban J connectivity index is 1.54. The molecule has 1 amide bonds. The first-order chi connectivity index (χ1) is 15.4. The number of benzene rings is 2. The number of esters is 1. The molecule has 0 unspecified atom stereocenters. The Labute approximate surface area is 191 Å². The van der Waals surface area contributed by atoms with Crippen LogP contribution >= 0.6 is 11.8 Å². The molecule has 8 nitrogen and oxygen atoms in total. The molecule has 0 saturated carbocycles. The van der Waals surface area contributed by atoms with Crippen molar-refractivity contribution in [2.45, 2.75) is 32.5 Å². The summed E-state index contributed by atoms with van der Waals surface area (Å²) in [5, 5.41) is 11.7. The molecule has 1 heterocycles. The number of aryl methyl sites for hydroxylation is 1. The first-order valence-corrected chi connectivity index (χ1v) is 11.1. The topological polar surface area (TPSA) is 95.3 Å². The smallest absolute Gasteiger partial charge is 0.338 e. The van der Waals surface area contributed by atoms with E-state index in [0.717, 1.165) is 16.9 Å². The lowest BCUT2D eigenvalue weighted by molar-refractivity contribution is -0.113. The minimum Gasteiger partial charge on any atom is -0.485 e. The summed E-state index contributed by atoms with van der Waals surface area (Å²) in [4.78, 5) is 24.2. The van der Waals surface area contributed by atoms with Crippen LogP contribution in [0.25, 0.3) is 0 Å². The van der Waals surface area contributed by atoms with E-state index >= 15 is 0 Å². The molecule has 0 radical (unpaired) electrons. The van der Waals surface area contributed by atoms with Crippen molar-refractivity contribution in [3.05, 3.63) is 65.0 Å². The van der Waals surface area contributed by atoms with Gasteiger partial charge < -0.3 is 19.4 Å². The second-order valence-electron chi connectivity index (χ2n) is 7.08. The van der Waals surface area contributed by atoms with Crippen LogP contribution in [0.3, 0.4) is 0 Å². The molecule has 2 aromatic carbocycles. The third-order valence-electron chi connectivity index (χ3n) is 4.83. The number of nitrogens with one attached hydrogen (secondary N) is 1. The molecule has 3 rings (SSSR count). The van der Waals surface area contributed by atoms with Crippen LogP contribution in [0, 0.1) is 13.8 Å². The van der Waals surface area contributed by atoms with Gasteiger partial charge in [-0.1, -0.05) is 30.0 Å². The van der Waals surface area contributed by atoms with E-state index in [1.807, 2.05) is 43.7 Å². The van der Waals surface area contributed by atoms with Crippen LogP contribution in [0.15, 0.2) is 47.6 Å². The van der Waals surface area contributed by atoms with Gasteiger partial charge in [-0.2, -0.15) is 0 Å². The predicted molar refractivity (Wildman–Crippen MR) is 123 cm³/mol. The van der Waals surface area contributed by atoms with Crippen LogP contribution in [0.4, 0.5) is 5.69 Å². The second kappa shape index (κ2) is 10.8. The molecule has 9 heteroatoms. The maximum atomic E-state index is 12.4. The van der Waals surface area contributed by atoms with E-state index in [1.165, 1.54) is 11.8 Å². The molecule has 0 aliphatic carbocycles. The number of hydrogen-bond acceptors (Lipinski definition) is 7. The molecule has 168 valence electrons. The minimum atomic E-state index is -0.423. The Morgan fingerprint density at radius 3 is 2.69 bits per heavy atom. The van der Waals surface area contributed by atoms with Crippen LogP contribution in [0.1, 0.15) is 34.2 Å². The van der Waals surface area contributed by atoms with Crippen LogP contribution in [0.5, 0.6) is 5.75 Å². The Morgan fingerprint density at radius 2 is 1.91 bits per heavy atom. The molecule has 0 atom stereocenters. The molecular weight excluding hydrogens is 428 g/mol. The zero-order valence-corrected chi connectivity index (χ0v) is 19.4. The third-order valence-corrected chi connectivity index (χ3v) is 5.85. The number of thioether (sulfide) groups is 1. The second-order valence-corrected chi connectivity index (χ2v) is 8.03. The van der Waals surface area contributed by atoms with Crippen molar-refractivity contribution in [3.8, 4) is 5.75 Å². The highest BCUT2D eigenvalue weighted by atomic mass is 32.2. The number of amides is 1. The van der Waals surface area contributed by atoms with Crippen molar-refractivity contribution in [2.75, 3.05) is 17.7 Å². The van der Waals surface area contributed by atoms with E-state index in [0.29, 0.717) is 28.8 Å². The van der Waals surface area contributed by atoms with E-state index in [9.17, 15) is 9.59 Å². The number of aromatic nitrogens is 3. The van der Waals surface area contributed by atoms with Gasteiger partial charge in [-0.3, -0.25) is 4.79 Å². The van der Waals surface area contributed by atoms with Gasteiger partial charge in [0.1, 0.15) is 12.4 Å². The fourth-order valence-electron chi connectivity index (χ4n) is 2.88. The first kappa shape index (κ1) is 23.3. The van der Waals surface area contributed by atoms with Crippen molar-refractivity contribution in [1.82, 2.24) is 14.8 Å². The summed E-state index contributed by atoms with van der Waals surface area (Å²) in [7, 11) is 1.84. The number of rotatable bonds is 9. The lowest BCUT2D eigenvalue weighted by atomic mass is 10.1. The van der Waals surface area contributed by atoms with Gasteiger partial charge in [-0.25, -0.2) is 4.79 Å². The number of carbonyl (C=O) groups excluding carboxylic acids is 2. The predicted octanol–water partition coefficient (Wildman–Crippen LogP) is 3.92. The highest BCUT2D eigenvalue weighted by molar-refractivity contribution is 7.99. The summed E-state index contributed by atoms with van der Waals surface area (Å²) >= 11 is 1.27. The SMILES string of the molecule is CCOC(=O)c1cccc(NC(=O)CSc2nnc(COc3cccc(C)c3C)n2C)c1. The highest BCUT2D eigenvalue weighted by Gasteiger charge is 2.14. The van der Waals surface area contributed by atoms with Gasteiger partial charge in [0, 0.05) is 12.7 Å². The average molecular weight is 455 g/mol. The Hall–Kier alpha value is -3.33. The normalized spacial score (nSPS) is 10.6. The molecule has 32 heavy (non-hydrogen) atoms. The van der Waals surface area contributed by atoms with Crippen molar-refractivity contribution in [2.24, 2.45) is 7.05 Å². The van der Waals surface area contributed by atoms with Gasteiger partial charge >= 0.3 is 5.97 Å². The van der Waals surface area contributed by atoms with Gasteiger partial charge in [0.05, 0.1) is 17.9 Å². The number of hydrogen-bond donors (Lipinski definition) is 1. The summed E-state index contributed by atoms with van der Waals surface area (Å²) in [6, 6.07) is 12.6. The van der Waals surface area contributed by atoms with E-state index in [-0.39, 0.29) is 18.3 Å². The zero-order valence-electron chi connectivity index (χ0n) is 18.5. The Bertz CT molecular complexity index is 1110. The van der Waals surface area contributed by atoms with Crippen molar-refractivity contribution >= 4 is 29.3 Å². The van der Waals surface area contributed by atoms with Crippen LogP contribution < -0.4 is 10.1 Å². The molecule has 1 N–H and O–H groups in total. The van der Waals surface area contributed by atoms with Crippen molar-refractivity contribution in [1.29, 1.82) is 0 Å². The molecule has 0 bridgehead atoms. The van der Waals surface area contributed by atoms with Crippen LogP contribution in [0.2, 0.25) is 0 Å². The van der Waals surface area contributed by atoms with Gasteiger partial charge in [-0.05, 0) is 56.2 Å². The highest BCUT2D eigenvalue weighted by Crippen LogP contribution is 2.22. The number of anilines is 1. The minimum absolute atomic E-state index is 0.146. The number of nitrogens with zero attached hydrogens (tertiary/aromatic N) is 3. The largest absolute Gasteiger partial charge is 0.485 e. The summed E-state index contributed by atoms with van der Waals surface area (Å²) in [5.41, 5.74) is 3.17. The maximum absolute atomic E-state index is 12.4. The standard InChI is InChI=1S/C23H26N4O4S/c1-5-30-22(29)17-9-7-10-18(12-17)24-21(28)14-32-23-26-25-20(27(23)4)13-31-19-11-6-8-15(2)16(19)3/h6-12H,5,13-14H2,1-4H3,(H,24,28). The van der Waals surface area contributed by atoms with Gasteiger partial charge in [0.15, 0.2) is 11.0 Å². The fourth-order valence-corrected chi connectivity index (χ4v) is 3.61. The van der Waals surface area contributed by atoms with Gasteiger partial charge in [0.2, 0.25) is 5.91 Å². The molecule has 0 fully saturated rings. The summed E-state index contributed by atoms with van der Waals surface area (Å²) < 4.78 is 12.7. The zero-order chi connectivity index (χ0) is 23.1. The molecule has 0 aliphatic rings. The van der Waals surface area contributed by atoms with E-state index < -0.39 is 5.97 Å². The van der Waals surface area contributed by atoms with E-state index in [1.54, 1.807) is 31.2 Å². The summed E-state index contributed by atoms with van der Waals surface area (Å²) in [6.07, 6.45) is 0. The maximum Gasteiger partial charge on any atom is 0.338 e. The van der Waals surface area contributed by atoms with Crippen LogP contribution in [-0.2, 0) is 23.2 Å². The van der Waals surface area contributed by atoms with Gasteiger partial charge in [0.25, 0.3) is 0 Å². The molecule has 0 saturated heterocycles. The van der Waals surface area contributed by atoms with E-state index in [2.05, 4.69) is 15.5 Å². The molecule has 1 aromatic heterocycles. The molecular formula is C23H26N4O4S. The number of carbonyl (C=O) groups is 2. The Morgan fingerprint density at radius 1 is 1.12 bits per heavy atom. The molecule has 0 spiro atoms. The molecule has 3 aromatic rings. The number of ether oxygens (including phenoxy) is 2. The van der Waals surface area contributed by atoms with Gasteiger partial charge in [-0.15, -0.1) is 10.2 Å². The Kier molecular flexibility index (Phi) is 7.88. The quantitative estimate of drug-likeness (QED) is 0.387.